The number of nitrogens with zero attached hydrogens (tertiary/aromatic N) is 2. The molecule has 0 fully saturated rings. The second-order valence-electron chi connectivity index (χ2n) is 3.92. The van der Waals surface area contributed by atoms with E-state index in [2.05, 4.69) is 30.8 Å². The highest BCUT2D eigenvalue weighted by Crippen LogP contribution is 2.18. The number of benzene rings is 1. The summed E-state index contributed by atoms with van der Waals surface area (Å²) in [6.07, 6.45) is 4.74. The zero-order valence-corrected chi connectivity index (χ0v) is 11.9. The summed E-state index contributed by atoms with van der Waals surface area (Å²) < 4.78 is 8.20. The first-order chi connectivity index (χ1) is 8.79. The van der Waals surface area contributed by atoms with Crippen molar-refractivity contribution in [3.63, 3.8) is 0 Å². The third-order valence-corrected chi connectivity index (χ3v) is 3.09. The van der Waals surface area contributed by atoms with Gasteiger partial charge >= 0.3 is 0 Å². The maximum Gasteiger partial charge on any atom is 0.207 e. The molecule has 0 atom stereocenters. The van der Waals surface area contributed by atoms with Crippen LogP contribution in [0.15, 0.2) is 41.1 Å². The molecular formula is C13H16BrN3O. The summed E-state index contributed by atoms with van der Waals surface area (Å²) in [5.74, 6) is 0.855. The Hall–Kier alpha value is -1.33. The van der Waals surface area contributed by atoms with Gasteiger partial charge in [-0.05, 0) is 30.7 Å². The first-order valence-electron chi connectivity index (χ1n) is 5.82. The van der Waals surface area contributed by atoms with Crippen LogP contribution in [-0.4, -0.2) is 23.3 Å². The number of aromatic nitrogens is 2. The zero-order chi connectivity index (χ0) is 12.8. The van der Waals surface area contributed by atoms with E-state index in [0.29, 0.717) is 0 Å². The SMILES string of the molecule is COCCCn1ccnc1Nc1ccc(Br)cc1. The lowest BCUT2D eigenvalue weighted by Crippen LogP contribution is -2.05. The molecule has 1 heterocycles. The van der Waals surface area contributed by atoms with E-state index in [0.717, 1.165) is 35.7 Å². The predicted molar refractivity (Wildman–Crippen MR) is 76.1 cm³/mol. The fourth-order valence-electron chi connectivity index (χ4n) is 1.66. The Kier molecular flexibility index (Phi) is 4.78. The fraction of sp³-hybridized carbons (Fsp3) is 0.308. The van der Waals surface area contributed by atoms with E-state index in [1.165, 1.54) is 0 Å². The maximum atomic E-state index is 5.05. The van der Waals surface area contributed by atoms with Crippen LogP contribution < -0.4 is 5.32 Å². The quantitative estimate of drug-likeness (QED) is 0.831. The summed E-state index contributed by atoms with van der Waals surface area (Å²) in [4.78, 5) is 4.31. The lowest BCUT2D eigenvalue weighted by molar-refractivity contribution is 0.190. The van der Waals surface area contributed by atoms with Crippen molar-refractivity contribution in [3.05, 3.63) is 41.1 Å². The van der Waals surface area contributed by atoms with E-state index < -0.39 is 0 Å². The molecule has 0 aliphatic carbocycles. The molecule has 1 N–H and O–H groups in total. The number of hydrogen-bond acceptors (Lipinski definition) is 3. The smallest absolute Gasteiger partial charge is 0.207 e. The van der Waals surface area contributed by atoms with Crippen molar-refractivity contribution in [1.82, 2.24) is 9.55 Å². The number of rotatable bonds is 6. The average molecular weight is 310 g/mol. The zero-order valence-electron chi connectivity index (χ0n) is 10.3. The van der Waals surface area contributed by atoms with Gasteiger partial charge in [0.25, 0.3) is 0 Å². The molecule has 96 valence electrons. The molecule has 0 bridgehead atoms. The molecule has 0 amide bonds. The van der Waals surface area contributed by atoms with Crippen molar-refractivity contribution in [3.8, 4) is 0 Å². The largest absolute Gasteiger partial charge is 0.385 e. The standard InChI is InChI=1S/C13H16BrN3O/c1-18-10-2-8-17-9-7-15-13(17)16-12-5-3-11(14)4-6-12/h3-7,9H,2,8,10H2,1H3,(H,15,16). The van der Waals surface area contributed by atoms with Crippen LogP contribution in [0.25, 0.3) is 0 Å². The van der Waals surface area contributed by atoms with Crippen molar-refractivity contribution in [2.75, 3.05) is 19.0 Å². The lowest BCUT2D eigenvalue weighted by Gasteiger charge is -2.09. The van der Waals surface area contributed by atoms with Gasteiger partial charge < -0.3 is 14.6 Å². The molecule has 2 rings (SSSR count). The number of ether oxygens (including phenoxy) is 1. The van der Waals surface area contributed by atoms with Gasteiger partial charge in [0.05, 0.1) is 0 Å². The summed E-state index contributed by atoms with van der Waals surface area (Å²) >= 11 is 3.42. The van der Waals surface area contributed by atoms with Gasteiger partial charge in [-0.2, -0.15) is 0 Å². The fourth-order valence-corrected chi connectivity index (χ4v) is 1.92. The summed E-state index contributed by atoms with van der Waals surface area (Å²) in [7, 11) is 1.72. The Morgan fingerprint density at radius 1 is 1.33 bits per heavy atom. The average Bonchev–Trinajstić information content (AvgIpc) is 2.80. The van der Waals surface area contributed by atoms with Crippen LogP contribution in [0.2, 0.25) is 0 Å². The first-order valence-corrected chi connectivity index (χ1v) is 6.61. The van der Waals surface area contributed by atoms with E-state index in [-0.39, 0.29) is 0 Å². The van der Waals surface area contributed by atoms with Crippen molar-refractivity contribution < 1.29 is 4.74 Å². The third kappa shape index (κ3) is 3.58. The molecule has 0 saturated heterocycles. The van der Waals surface area contributed by atoms with Crippen LogP contribution >= 0.6 is 15.9 Å². The molecule has 18 heavy (non-hydrogen) atoms. The highest BCUT2D eigenvalue weighted by molar-refractivity contribution is 9.10. The van der Waals surface area contributed by atoms with Gasteiger partial charge in [-0.15, -0.1) is 0 Å². The van der Waals surface area contributed by atoms with Gasteiger partial charge in [-0.25, -0.2) is 4.98 Å². The van der Waals surface area contributed by atoms with Crippen molar-refractivity contribution in [2.24, 2.45) is 0 Å². The normalized spacial score (nSPS) is 10.6. The van der Waals surface area contributed by atoms with E-state index in [1.807, 2.05) is 30.5 Å². The summed E-state index contributed by atoms with van der Waals surface area (Å²) in [5, 5.41) is 3.30. The van der Waals surface area contributed by atoms with Crippen LogP contribution in [-0.2, 0) is 11.3 Å². The molecule has 1 aromatic carbocycles. The van der Waals surface area contributed by atoms with Gasteiger partial charge in [-0.1, -0.05) is 15.9 Å². The van der Waals surface area contributed by atoms with Gasteiger partial charge in [0.15, 0.2) is 0 Å². The molecule has 0 spiro atoms. The van der Waals surface area contributed by atoms with Gasteiger partial charge in [0, 0.05) is 42.8 Å². The van der Waals surface area contributed by atoms with Gasteiger partial charge in [-0.3, -0.25) is 0 Å². The number of halogens is 1. The summed E-state index contributed by atoms with van der Waals surface area (Å²) in [5.41, 5.74) is 1.03. The highest BCUT2D eigenvalue weighted by Gasteiger charge is 2.02. The van der Waals surface area contributed by atoms with Crippen LogP contribution in [0, 0.1) is 0 Å². The van der Waals surface area contributed by atoms with Crippen LogP contribution in [0.5, 0.6) is 0 Å². The van der Waals surface area contributed by atoms with Crippen molar-refractivity contribution >= 4 is 27.6 Å². The van der Waals surface area contributed by atoms with Crippen molar-refractivity contribution in [2.45, 2.75) is 13.0 Å². The third-order valence-electron chi connectivity index (χ3n) is 2.56. The molecule has 5 heteroatoms. The Labute approximate surface area is 115 Å². The molecule has 0 aliphatic heterocycles. The number of hydrogen-bond donors (Lipinski definition) is 1. The van der Waals surface area contributed by atoms with E-state index in [4.69, 9.17) is 4.74 Å². The number of methoxy groups -OCH3 is 1. The topological polar surface area (TPSA) is 39.1 Å². The predicted octanol–water partition coefficient (Wildman–Crippen LogP) is 3.43. The molecule has 0 saturated carbocycles. The summed E-state index contributed by atoms with van der Waals surface area (Å²) in [6, 6.07) is 8.03. The summed E-state index contributed by atoms with van der Waals surface area (Å²) in [6.45, 7) is 1.66. The number of nitrogens with one attached hydrogen (secondary N) is 1. The Morgan fingerprint density at radius 2 is 2.11 bits per heavy atom. The molecule has 4 nitrogen and oxygen atoms in total. The number of aryl methyl sites for hydroxylation is 1. The molecular weight excluding hydrogens is 294 g/mol. The maximum absolute atomic E-state index is 5.05. The number of imidazole rings is 1. The minimum Gasteiger partial charge on any atom is -0.385 e. The molecule has 1 aromatic heterocycles. The second kappa shape index (κ2) is 6.56. The molecule has 0 radical (unpaired) electrons. The second-order valence-corrected chi connectivity index (χ2v) is 4.84. The van der Waals surface area contributed by atoms with E-state index in [9.17, 15) is 0 Å². The Bertz CT molecular complexity index is 481. The van der Waals surface area contributed by atoms with Gasteiger partial charge in [0.1, 0.15) is 0 Å². The number of anilines is 2. The minimum absolute atomic E-state index is 0.760. The monoisotopic (exact) mass is 309 g/mol. The molecule has 2 aromatic rings. The molecule has 0 aliphatic rings. The lowest BCUT2D eigenvalue weighted by atomic mass is 10.3. The first kappa shape index (κ1) is 13.1. The van der Waals surface area contributed by atoms with Crippen molar-refractivity contribution in [1.29, 1.82) is 0 Å². The van der Waals surface area contributed by atoms with Gasteiger partial charge in [0.2, 0.25) is 5.95 Å². The van der Waals surface area contributed by atoms with Crippen LogP contribution in [0.3, 0.4) is 0 Å². The van der Waals surface area contributed by atoms with E-state index in [1.54, 1.807) is 13.3 Å². The highest BCUT2D eigenvalue weighted by atomic mass is 79.9. The van der Waals surface area contributed by atoms with E-state index >= 15 is 0 Å². The minimum atomic E-state index is 0.760. The molecule has 0 unspecified atom stereocenters. The van der Waals surface area contributed by atoms with Crippen LogP contribution in [0.4, 0.5) is 11.6 Å². The van der Waals surface area contributed by atoms with Crippen LogP contribution in [0.1, 0.15) is 6.42 Å². The Balaban J connectivity index is 2.00. The Morgan fingerprint density at radius 3 is 2.83 bits per heavy atom.